The Labute approximate surface area is 77.1 Å². The molecule has 3 nitrogen and oxygen atoms in total. The number of nitrogens with zero attached hydrogens (tertiary/aromatic N) is 3. The van der Waals surface area contributed by atoms with Crippen LogP contribution in [0.25, 0.3) is 5.69 Å². The zero-order valence-electron chi connectivity index (χ0n) is 7.73. The van der Waals surface area contributed by atoms with Crippen molar-refractivity contribution in [1.82, 2.24) is 14.5 Å². The molecule has 2 aromatic heterocycles. The standard InChI is InChI=1S/C10H11N3/c1-8-6-13(7-12-8)10-4-3-5-11-9(10)2/h3-7H,1-2H3. The van der Waals surface area contributed by atoms with Crippen LogP contribution in [-0.2, 0) is 0 Å². The molecular weight excluding hydrogens is 162 g/mol. The molecule has 0 aliphatic heterocycles. The van der Waals surface area contributed by atoms with Crippen LogP contribution in [0.5, 0.6) is 0 Å². The Balaban J connectivity index is 2.52. The van der Waals surface area contributed by atoms with E-state index >= 15 is 0 Å². The lowest BCUT2D eigenvalue weighted by Crippen LogP contribution is -1.94. The average molecular weight is 173 g/mol. The Morgan fingerprint density at radius 2 is 2.08 bits per heavy atom. The number of aromatic nitrogens is 3. The third-order valence-corrected chi connectivity index (χ3v) is 1.97. The Morgan fingerprint density at radius 3 is 2.69 bits per heavy atom. The summed E-state index contributed by atoms with van der Waals surface area (Å²) in [7, 11) is 0. The van der Waals surface area contributed by atoms with Crippen LogP contribution in [0.3, 0.4) is 0 Å². The number of hydrogen-bond acceptors (Lipinski definition) is 2. The summed E-state index contributed by atoms with van der Waals surface area (Å²) in [4.78, 5) is 8.39. The van der Waals surface area contributed by atoms with Crippen molar-refractivity contribution in [2.45, 2.75) is 13.8 Å². The molecule has 0 amide bonds. The topological polar surface area (TPSA) is 30.7 Å². The molecule has 2 aromatic rings. The van der Waals surface area contributed by atoms with Gasteiger partial charge in [0, 0.05) is 12.4 Å². The third-order valence-electron chi connectivity index (χ3n) is 1.97. The van der Waals surface area contributed by atoms with E-state index in [2.05, 4.69) is 9.97 Å². The third kappa shape index (κ3) is 1.45. The van der Waals surface area contributed by atoms with Gasteiger partial charge in [-0.05, 0) is 26.0 Å². The van der Waals surface area contributed by atoms with Gasteiger partial charge in [-0.2, -0.15) is 0 Å². The molecule has 0 saturated carbocycles. The second-order valence-corrected chi connectivity index (χ2v) is 3.03. The smallest absolute Gasteiger partial charge is 0.0995 e. The van der Waals surface area contributed by atoms with E-state index in [1.807, 2.05) is 36.7 Å². The van der Waals surface area contributed by atoms with Gasteiger partial charge >= 0.3 is 0 Å². The molecule has 13 heavy (non-hydrogen) atoms. The second kappa shape index (κ2) is 3.01. The highest BCUT2D eigenvalue weighted by atomic mass is 15.0. The first-order valence-corrected chi connectivity index (χ1v) is 4.20. The number of rotatable bonds is 1. The maximum atomic E-state index is 4.22. The Bertz CT molecular complexity index is 418. The highest BCUT2D eigenvalue weighted by Crippen LogP contribution is 2.10. The van der Waals surface area contributed by atoms with Crippen LogP contribution in [-0.4, -0.2) is 14.5 Å². The summed E-state index contributed by atoms with van der Waals surface area (Å²) in [5, 5.41) is 0. The molecule has 0 fully saturated rings. The highest BCUT2D eigenvalue weighted by Gasteiger charge is 2.00. The molecular formula is C10H11N3. The van der Waals surface area contributed by atoms with Crippen molar-refractivity contribution < 1.29 is 0 Å². The molecule has 0 spiro atoms. The van der Waals surface area contributed by atoms with Crippen molar-refractivity contribution in [1.29, 1.82) is 0 Å². The van der Waals surface area contributed by atoms with E-state index in [1.165, 1.54) is 0 Å². The van der Waals surface area contributed by atoms with Crippen molar-refractivity contribution in [3.05, 3.63) is 42.2 Å². The summed E-state index contributed by atoms with van der Waals surface area (Å²) >= 11 is 0. The van der Waals surface area contributed by atoms with Gasteiger partial charge in [0.1, 0.15) is 0 Å². The van der Waals surface area contributed by atoms with Crippen molar-refractivity contribution >= 4 is 0 Å². The quantitative estimate of drug-likeness (QED) is 0.659. The molecule has 0 bridgehead atoms. The minimum atomic E-state index is 1.01. The molecule has 0 N–H and O–H groups in total. The van der Waals surface area contributed by atoms with Crippen molar-refractivity contribution in [3.63, 3.8) is 0 Å². The molecule has 0 saturated heterocycles. The van der Waals surface area contributed by atoms with Crippen LogP contribution in [0.1, 0.15) is 11.4 Å². The van der Waals surface area contributed by atoms with E-state index in [1.54, 1.807) is 12.5 Å². The summed E-state index contributed by atoms with van der Waals surface area (Å²) in [6, 6.07) is 3.96. The molecule has 3 heteroatoms. The lowest BCUT2D eigenvalue weighted by atomic mass is 10.3. The minimum Gasteiger partial charge on any atom is -0.304 e. The summed E-state index contributed by atoms with van der Waals surface area (Å²) in [5.74, 6) is 0. The van der Waals surface area contributed by atoms with E-state index in [0.717, 1.165) is 17.1 Å². The molecule has 2 heterocycles. The van der Waals surface area contributed by atoms with Crippen molar-refractivity contribution in [2.75, 3.05) is 0 Å². The van der Waals surface area contributed by atoms with Gasteiger partial charge in [-0.15, -0.1) is 0 Å². The predicted octanol–water partition coefficient (Wildman–Crippen LogP) is 1.88. The van der Waals surface area contributed by atoms with Gasteiger partial charge < -0.3 is 4.57 Å². The van der Waals surface area contributed by atoms with Crippen LogP contribution in [0.2, 0.25) is 0 Å². The molecule has 0 aromatic carbocycles. The molecule has 0 aliphatic rings. The molecule has 0 unspecified atom stereocenters. The van der Waals surface area contributed by atoms with Gasteiger partial charge in [-0.1, -0.05) is 0 Å². The van der Waals surface area contributed by atoms with Gasteiger partial charge in [0.05, 0.1) is 23.4 Å². The number of hydrogen-bond donors (Lipinski definition) is 0. The summed E-state index contributed by atoms with van der Waals surface area (Å²) < 4.78 is 1.98. The zero-order valence-corrected chi connectivity index (χ0v) is 7.73. The van der Waals surface area contributed by atoms with E-state index in [0.29, 0.717) is 0 Å². The minimum absolute atomic E-state index is 1.01. The van der Waals surface area contributed by atoms with Crippen LogP contribution in [0.15, 0.2) is 30.9 Å². The highest BCUT2D eigenvalue weighted by molar-refractivity contribution is 5.35. The first-order chi connectivity index (χ1) is 6.27. The van der Waals surface area contributed by atoms with Crippen molar-refractivity contribution in [3.8, 4) is 5.69 Å². The summed E-state index contributed by atoms with van der Waals surface area (Å²) in [6.45, 7) is 3.97. The fourth-order valence-corrected chi connectivity index (χ4v) is 1.30. The van der Waals surface area contributed by atoms with E-state index in [9.17, 15) is 0 Å². The predicted molar refractivity (Wildman–Crippen MR) is 50.8 cm³/mol. The fraction of sp³-hybridized carbons (Fsp3) is 0.200. The first kappa shape index (κ1) is 7.98. The monoisotopic (exact) mass is 173 g/mol. The molecule has 0 radical (unpaired) electrons. The Kier molecular flexibility index (Phi) is 1.85. The number of imidazole rings is 1. The molecule has 2 rings (SSSR count). The van der Waals surface area contributed by atoms with E-state index < -0.39 is 0 Å². The Hall–Kier alpha value is -1.64. The zero-order chi connectivity index (χ0) is 9.26. The second-order valence-electron chi connectivity index (χ2n) is 3.03. The normalized spacial score (nSPS) is 10.3. The van der Waals surface area contributed by atoms with Gasteiger partial charge in [-0.3, -0.25) is 4.98 Å². The maximum absolute atomic E-state index is 4.22. The van der Waals surface area contributed by atoms with Gasteiger partial charge in [0.15, 0.2) is 0 Å². The lowest BCUT2D eigenvalue weighted by Gasteiger charge is -2.03. The van der Waals surface area contributed by atoms with Gasteiger partial charge in [0.25, 0.3) is 0 Å². The molecule has 0 aliphatic carbocycles. The number of pyridine rings is 1. The van der Waals surface area contributed by atoms with Gasteiger partial charge in [-0.25, -0.2) is 4.98 Å². The number of aryl methyl sites for hydroxylation is 2. The molecule has 0 atom stereocenters. The van der Waals surface area contributed by atoms with Crippen LogP contribution >= 0.6 is 0 Å². The largest absolute Gasteiger partial charge is 0.304 e. The van der Waals surface area contributed by atoms with Crippen LogP contribution in [0.4, 0.5) is 0 Å². The SMILES string of the molecule is Cc1cn(-c2cccnc2C)cn1. The first-order valence-electron chi connectivity index (χ1n) is 4.20. The van der Waals surface area contributed by atoms with E-state index in [-0.39, 0.29) is 0 Å². The maximum Gasteiger partial charge on any atom is 0.0995 e. The summed E-state index contributed by atoms with van der Waals surface area (Å²) in [5.41, 5.74) is 3.12. The van der Waals surface area contributed by atoms with Crippen molar-refractivity contribution in [2.24, 2.45) is 0 Å². The Morgan fingerprint density at radius 1 is 1.23 bits per heavy atom. The van der Waals surface area contributed by atoms with Crippen LogP contribution < -0.4 is 0 Å². The van der Waals surface area contributed by atoms with Gasteiger partial charge in [0.2, 0.25) is 0 Å². The summed E-state index contributed by atoms with van der Waals surface area (Å²) in [6.07, 6.45) is 5.59. The average Bonchev–Trinajstić information content (AvgIpc) is 2.53. The lowest BCUT2D eigenvalue weighted by molar-refractivity contribution is 1.01. The van der Waals surface area contributed by atoms with E-state index in [4.69, 9.17) is 0 Å². The molecule has 66 valence electrons. The van der Waals surface area contributed by atoms with Crippen LogP contribution in [0, 0.1) is 13.8 Å². The fourth-order valence-electron chi connectivity index (χ4n) is 1.30.